The third kappa shape index (κ3) is 3.98. The van der Waals surface area contributed by atoms with Crippen molar-refractivity contribution in [2.24, 2.45) is 0 Å². The van der Waals surface area contributed by atoms with Crippen LogP contribution in [0, 0.1) is 0 Å². The zero-order valence-electron chi connectivity index (χ0n) is 15.6. The highest BCUT2D eigenvalue weighted by Crippen LogP contribution is 2.24. The molecule has 0 bridgehead atoms. The topological polar surface area (TPSA) is 80.6 Å². The highest BCUT2D eigenvalue weighted by atomic mass is 15.1. The predicted octanol–water partition coefficient (Wildman–Crippen LogP) is 2.45. The van der Waals surface area contributed by atoms with Crippen LogP contribution in [0.1, 0.15) is 30.4 Å². The predicted molar refractivity (Wildman–Crippen MR) is 105 cm³/mol. The van der Waals surface area contributed by atoms with Crippen molar-refractivity contribution < 1.29 is 0 Å². The van der Waals surface area contributed by atoms with E-state index in [0.717, 1.165) is 68.5 Å². The number of rotatable bonds is 7. The Labute approximate surface area is 159 Å². The van der Waals surface area contributed by atoms with Gasteiger partial charge in [0.2, 0.25) is 0 Å². The molecular weight excluding hydrogens is 338 g/mol. The van der Waals surface area contributed by atoms with E-state index >= 15 is 0 Å². The van der Waals surface area contributed by atoms with Crippen molar-refractivity contribution in [1.82, 2.24) is 29.8 Å². The number of nitrogens with zero attached hydrogens (tertiary/aromatic N) is 5. The van der Waals surface area contributed by atoms with E-state index in [9.17, 15) is 0 Å². The van der Waals surface area contributed by atoms with Crippen LogP contribution in [0.15, 0.2) is 36.8 Å². The van der Waals surface area contributed by atoms with Gasteiger partial charge in [0.05, 0.1) is 5.69 Å². The van der Waals surface area contributed by atoms with Gasteiger partial charge in [-0.3, -0.25) is 4.98 Å². The number of hydrogen-bond acceptors (Lipinski definition) is 6. The van der Waals surface area contributed by atoms with E-state index in [1.807, 2.05) is 24.4 Å². The lowest BCUT2D eigenvalue weighted by Crippen LogP contribution is -2.27. The molecule has 0 fully saturated rings. The van der Waals surface area contributed by atoms with Gasteiger partial charge in [-0.15, -0.1) is 0 Å². The van der Waals surface area contributed by atoms with E-state index in [1.54, 1.807) is 6.20 Å². The summed E-state index contributed by atoms with van der Waals surface area (Å²) in [5.74, 6) is 2.77. The summed E-state index contributed by atoms with van der Waals surface area (Å²) < 4.78 is 2.22. The molecule has 0 saturated carbocycles. The molecule has 4 rings (SSSR count). The summed E-state index contributed by atoms with van der Waals surface area (Å²) >= 11 is 0. The first-order valence-electron chi connectivity index (χ1n) is 9.61. The Morgan fingerprint density at radius 1 is 1.19 bits per heavy atom. The molecule has 3 aromatic rings. The van der Waals surface area contributed by atoms with Gasteiger partial charge in [-0.25, -0.2) is 15.0 Å². The Morgan fingerprint density at radius 3 is 3.00 bits per heavy atom. The monoisotopic (exact) mass is 363 g/mol. The first kappa shape index (κ1) is 17.6. The molecule has 140 valence electrons. The Hall–Kier alpha value is -2.80. The zero-order chi connectivity index (χ0) is 18.5. The number of anilines is 1. The van der Waals surface area contributed by atoms with Gasteiger partial charge in [0.1, 0.15) is 17.3 Å². The van der Waals surface area contributed by atoms with E-state index < -0.39 is 0 Å². The molecule has 0 radical (unpaired) electrons. The molecule has 2 N–H and O–H groups in total. The molecule has 1 aliphatic rings. The highest BCUT2D eigenvalue weighted by Gasteiger charge is 2.18. The van der Waals surface area contributed by atoms with Gasteiger partial charge in [0.25, 0.3) is 0 Å². The van der Waals surface area contributed by atoms with Crippen LogP contribution in [-0.2, 0) is 25.9 Å². The van der Waals surface area contributed by atoms with Crippen molar-refractivity contribution in [3.8, 4) is 11.5 Å². The van der Waals surface area contributed by atoms with Crippen LogP contribution in [0.5, 0.6) is 0 Å². The summed E-state index contributed by atoms with van der Waals surface area (Å²) in [5.41, 5.74) is 3.10. The molecule has 0 saturated heterocycles. The minimum atomic E-state index is 0.684. The number of hydrogen-bond donors (Lipinski definition) is 2. The van der Waals surface area contributed by atoms with Crippen molar-refractivity contribution >= 4 is 5.82 Å². The number of aryl methyl sites for hydroxylation is 2. The van der Waals surface area contributed by atoms with E-state index in [1.165, 1.54) is 5.56 Å². The second-order valence-electron chi connectivity index (χ2n) is 6.63. The van der Waals surface area contributed by atoms with Crippen LogP contribution in [0.2, 0.25) is 0 Å². The molecule has 1 aliphatic heterocycles. The van der Waals surface area contributed by atoms with E-state index in [-0.39, 0.29) is 0 Å². The lowest BCUT2D eigenvalue weighted by atomic mass is 10.1. The van der Waals surface area contributed by atoms with Crippen LogP contribution in [0.3, 0.4) is 0 Å². The largest absolute Gasteiger partial charge is 0.370 e. The number of imidazole rings is 1. The Balaban J connectivity index is 1.49. The van der Waals surface area contributed by atoms with E-state index in [4.69, 9.17) is 9.97 Å². The third-order valence-electron chi connectivity index (χ3n) is 4.82. The number of nitrogens with one attached hydrogen (secondary N) is 2. The Kier molecular flexibility index (Phi) is 5.39. The van der Waals surface area contributed by atoms with Crippen molar-refractivity contribution in [1.29, 1.82) is 0 Å². The van der Waals surface area contributed by atoms with Gasteiger partial charge in [-0.05, 0) is 31.5 Å². The molecule has 0 atom stereocenters. The van der Waals surface area contributed by atoms with Crippen molar-refractivity contribution in [2.75, 3.05) is 18.4 Å². The van der Waals surface area contributed by atoms with Gasteiger partial charge in [-0.1, -0.05) is 13.0 Å². The van der Waals surface area contributed by atoms with Gasteiger partial charge >= 0.3 is 0 Å². The van der Waals surface area contributed by atoms with E-state index in [0.29, 0.717) is 5.82 Å². The minimum absolute atomic E-state index is 0.684. The number of aromatic nitrogens is 5. The van der Waals surface area contributed by atoms with E-state index in [2.05, 4.69) is 38.3 Å². The summed E-state index contributed by atoms with van der Waals surface area (Å²) in [6.45, 7) is 5.69. The molecule has 0 amide bonds. The van der Waals surface area contributed by atoms with Crippen molar-refractivity contribution in [2.45, 2.75) is 39.3 Å². The molecular formula is C20H25N7. The highest BCUT2D eigenvalue weighted by molar-refractivity contribution is 5.57. The van der Waals surface area contributed by atoms with Crippen LogP contribution in [0.25, 0.3) is 11.5 Å². The molecule has 7 nitrogen and oxygen atoms in total. The SMILES string of the molecule is CCc1nccn1CCCNc1nc(-c2ccccn2)nc2c1CCNC2. The first-order chi connectivity index (χ1) is 13.3. The maximum Gasteiger partial charge on any atom is 0.180 e. The maximum atomic E-state index is 4.79. The fourth-order valence-corrected chi connectivity index (χ4v) is 3.43. The molecule has 0 aliphatic carbocycles. The molecule has 3 aromatic heterocycles. The Bertz CT molecular complexity index is 889. The summed E-state index contributed by atoms with van der Waals surface area (Å²) in [6, 6.07) is 5.82. The Morgan fingerprint density at radius 2 is 2.15 bits per heavy atom. The smallest absolute Gasteiger partial charge is 0.180 e. The lowest BCUT2D eigenvalue weighted by molar-refractivity contribution is 0.618. The third-order valence-corrected chi connectivity index (χ3v) is 4.82. The molecule has 7 heteroatoms. The van der Waals surface area contributed by atoms with Crippen LogP contribution >= 0.6 is 0 Å². The zero-order valence-corrected chi connectivity index (χ0v) is 15.6. The lowest BCUT2D eigenvalue weighted by Gasteiger charge is -2.20. The molecule has 27 heavy (non-hydrogen) atoms. The van der Waals surface area contributed by atoms with Gasteiger partial charge in [0.15, 0.2) is 5.82 Å². The summed E-state index contributed by atoms with van der Waals surface area (Å²) in [5, 5.41) is 6.94. The molecule has 0 aromatic carbocycles. The standard InChI is InChI=1S/C20H25N7/c1-2-18-23-11-13-27(18)12-5-9-24-19-15-7-10-21-14-17(15)25-20(26-19)16-6-3-4-8-22-16/h3-4,6,8,11,13,21H,2,5,7,9-10,12,14H2,1H3,(H,24,25,26). The molecule has 0 spiro atoms. The maximum absolute atomic E-state index is 4.79. The minimum Gasteiger partial charge on any atom is -0.370 e. The number of pyridine rings is 1. The molecule has 0 unspecified atom stereocenters. The summed E-state index contributed by atoms with van der Waals surface area (Å²) in [7, 11) is 0. The van der Waals surface area contributed by atoms with Gasteiger partial charge < -0.3 is 15.2 Å². The van der Waals surface area contributed by atoms with Crippen LogP contribution < -0.4 is 10.6 Å². The normalized spacial score (nSPS) is 13.4. The summed E-state index contributed by atoms with van der Waals surface area (Å²) in [4.78, 5) is 18.3. The van der Waals surface area contributed by atoms with Crippen molar-refractivity contribution in [3.63, 3.8) is 0 Å². The quantitative estimate of drug-likeness (QED) is 0.628. The fraction of sp³-hybridized carbons (Fsp3) is 0.400. The second-order valence-corrected chi connectivity index (χ2v) is 6.63. The van der Waals surface area contributed by atoms with Crippen molar-refractivity contribution in [3.05, 3.63) is 53.9 Å². The first-order valence-corrected chi connectivity index (χ1v) is 9.61. The van der Waals surface area contributed by atoms with Gasteiger partial charge in [0, 0.05) is 50.2 Å². The fourth-order valence-electron chi connectivity index (χ4n) is 3.43. The van der Waals surface area contributed by atoms with Crippen LogP contribution in [0.4, 0.5) is 5.82 Å². The van der Waals surface area contributed by atoms with Crippen LogP contribution in [-0.4, -0.2) is 37.6 Å². The van der Waals surface area contributed by atoms with Gasteiger partial charge in [-0.2, -0.15) is 0 Å². The average molecular weight is 363 g/mol. The number of fused-ring (bicyclic) bond motifs is 1. The second kappa shape index (κ2) is 8.26. The molecule has 4 heterocycles. The summed E-state index contributed by atoms with van der Waals surface area (Å²) in [6.07, 6.45) is 8.62. The average Bonchev–Trinajstić information content (AvgIpc) is 3.19.